The van der Waals surface area contributed by atoms with Crippen molar-refractivity contribution in [2.75, 3.05) is 0 Å². The van der Waals surface area contributed by atoms with E-state index < -0.39 is 0 Å². The molecule has 2 rings (SSSR count). The lowest BCUT2D eigenvalue weighted by Gasteiger charge is -2.03. The Labute approximate surface area is 94.2 Å². The molecule has 2 aromatic rings. The lowest BCUT2D eigenvalue weighted by Crippen LogP contribution is -2.08. The summed E-state index contributed by atoms with van der Waals surface area (Å²) in [6.45, 7) is 3.80. The molecular formula is C13H12N2O. The van der Waals surface area contributed by atoms with E-state index >= 15 is 0 Å². The minimum absolute atomic E-state index is 0.127. The first-order chi connectivity index (χ1) is 7.68. The average molecular weight is 212 g/mol. The maximum atomic E-state index is 12.1. The Kier molecular flexibility index (Phi) is 2.77. The van der Waals surface area contributed by atoms with Crippen LogP contribution in [0.25, 0.3) is 0 Å². The molecule has 0 aliphatic heterocycles. The summed E-state index contributed by atoms with van der Waals surface area (Å²) in [4.78, 5) is 20.1. The van der Waals surface area contributed by atoms with Crippen LogP contribution in [0.2, 0.25) is 0 Å². The highest BCUT2D eigenvalue weighted by Crippen LogP contribution is 2.10. The number of hydrogen-bond donors (Lipinski definition) is 0. The molecule has 0 saturated carbocycles. The quantitative estimate of drug-likeness (QED) is 0.717. The van der Waals surface area contributed by atoms with Crippen LogP contribution >= 0.6 is 0 Å². The van der Waals surface area contributed by atoms with Crippen molar-refractivity contribution in [2.24, 2.45) is 0 Å². The van der Waals surface area contributed by atoms with E-state index in [1.807, 2.05) is 32.0 Å². The third-order valence-electron chi connectivity index (χ3n) is 2.37. The molecule has 0 bridgehead atoms. The van der Waals surface area contributed by atoms with Gasteiger partial charge in [0.15, 0.2) is 0 Å². The number of aryl methyl sites for hydroxylation is 2. The average Bonchev–Trinajstić information content (AvgIpc) is 2.30. The predicted octanol–water partition coefficient (Wildman–Crippen LogP) is 2.32. The molecule has 80 valence electrons. The van der Waals surface area contributed by atoms with Crippen molar-refractivity contribution in [3.8, 4) is 0 Å². The van der Waals surface area contributed by atoms with Gasteiger partial charge in [0, 0.05) is 18.0 Å². The van der Waals surface area contributed by atoms with E-state index in [2.05, 4.69) is 9.97 Å². The van der Waals surface area contributed by atoms with E-state index in [0.717, 1.165) is 11.1 Å². The van der Waals surface area contributed by atoms with Crippen LogP contribution in [0.5, 0.6) is 0 Å². The number of hydrogen-bond acceptors (Lipinski definition) is 3. The summed E-state index contributed by atoms with van der Waals surface area (Å²) in [5, 5.41) is 0. The second-order valence-electron chi connectivity index (χ2n) is 3.73. The number of benzene rings is 1. The summed E-state index contributed by atoms with van der Waals surface area (Å²) in [6.07, 6.45) is 3.30. The van der Waals surface area contributed by atoms with Gasteiger partial charge in [0.1, 0.15) is 0 Å². The highest BCUT2D eigenvalue weighted by molar-refractivity contribution is 6.07. The van der Waals surface area contributed by atoms with Crippen molar-refractivity contribution in [2.45, 2.75) is 13.8 Å². The summed E-state index contributed by atoms with van der Waals surface area (Å²) in [5.74, 6) is 0.123. The summed E-state index contributed by atoms with van der Waals surface area (Å²) in [6, 6.07) is 7.44. The molecule has 0 N–H and O–H groups in total. The second-order valence-corrected chi connectivity index (χ2v) is 3.73. The Morgan fingerprint density at radius 3 is 2.31 bits per heavy atom. The Morgan fingerprint density at radius 1 is 1.06 bits per heavy atom. The molecule has 0 amide bonds. The van der Waals surface area contributed by atoms with E-state index in [-0.39, 0.29) is 11.6 Å². The topological polar surface area (TPSA) is 42.9 Å². The first kappa shape index (κ1) is 10.5. The molecule has 0 spiro atoms. The smallest absolute Gasteiger partial charge is 0.230 e. The molecule has 1 aromatic carbocycles. The van der Waals surface area contributed by atoms with Crippen LogP contribution in [0.4, 0.5) is 0 Å². The van der Waals surface area contributed by atoms with Crippen LogP contribution in [-0.4, -0.2) is 15.8 Å². The Morgan fingerprint density at radius 2 is 1.69 bits per heavy atom. The molecule has 0 unspecified atom stereocenters. The van der Waals surface area contributed by atoms with Crippen molar-refractivity contribution >= 4 is 5.78 Å². The van der Waals surface area contributed by atoms with E-state index in [1.54, 1.807) is 18.5 Å². The fourth-order valence-corrected chi connectivity index (χ4v) is 1.46. The second kappa shape index (κ2) is 4.23. The SMILES string of the molecule is Cc1cnc(C(=O)c2ccccc2C)nc1. The van der Waals surface area contributed by atoms with Crippen LogP contribution < -0.4 is 0 Å². The molecule has 0 aliphatic rings. The number of carbonyl (C=O) groups is 1. The maximum absolute atomic E-state index is 12.1. The first-order valence-electron chi connectivity index (χ1n) is 5.07. The molecule has 0 fully saturated rings. The molecule has 0 aliphatic carbocycles. The lowest BCUT2D eigenvalue weighted by molar-refractivity contribution is 0.102. The van der Waals surface area contributed by atoms with Gasteiger partial charge < -0.3 is 0 Å². The van der Waals surface area contributed by atoms with Crippen molar-refractivity contribution in [1.82, 2.24) is 9.97 Å². The summed E-state index contributed by atoms with van der Waals surface area (Å²) < 4.78 is 0. The van der Waals surface area contributed by atoms with E-state index in [4.69, 9.17) is 0 Å². The van der Waals surface area contributed by atoms with Crippen molar-refractivity contribution in [1.29, 1.82) is 0 Å². The molecule has 0 atom stereocenters. The van der Waals surface area contributed by atoms with Crippen LogP contribution in [0, 0.1) is 13.8 Å². The summed E-state index contributed by atoms with van der Waals surface area (Å²) in [7, 11) is 0. The van der Waals surface area contributed by atoms with Gasteiger partial charge in [-0.3, -0.25) is 4.79 Å². The minimum Gasteiger partial charge on any atom is -0.285 e. The zero-order valence-corrected chi connectivity index (χ0v) is 9.27. The number of aromatic nitrogens is 2. The molecule has 0 saturated heterocycles. The third kappa shape index (κ3) is 1.98. The van der Waals surface area contributed by atoms with Gasteiger partial charge in [0.05, 0.1) is 0 Å². The zero-order valence-electron chi connectivity index (χ0n) is 9.27. The largest absolute Gasteiger partial charge is 0.285 e. The van der Waals surface area contributed by atoms with Gasteiger partial charge in [-0.15, -0.1) is 0 Å². The summed E-state index contributed by atoms with van der Waals surface area (Å²) in [5.41, 5.74) is 2.55. The van der Waals surface area contributed by atoms with Gasteiger partial charge in [-0.1, -0.05) is 24.3 Å². The van der Waals surface area contributed by atoms with Crippen LogP contribution in [0.3, 0.4) is 0 Å². The number of carbonyl (C=O) groups excluding carboxylic acids is 1. The Hall–Kier alpha value is -2.03. The van der Waals surface area contributed by atoms with Crippen LogP contribution in [-0.2, 0) is 0 Å². The van der Waals surface area contributed by atoms with Gasteiger partial charge in [-0.05, 0) is 25.0 Å². The van der Waals surface area contributed by atoms with Crippen LogP contribution in [0.15, 0.2) is 36.7 Å². The van der Waals surface area contributed by atoms with Gasteiger partial charge in [-0.25, -0.2) is 9.97 Å². The standard InChI is InChI=1S/C13H12N2O/c1-9-7-14-13(15-8-9)12(16)11-6-4-3-5-10(11)2/h3-8H,1-2H3. The Balaban J connectivity index is 2.40. The lowest BCUT2D eigenvalue weighted by atomic mass is 10.0. The van der Waals surface area contributed by atoms with Crippen molar-refractivity contribution < 1.29 is 4.79 Å². The maximum Gasteiger partial charge on any atom is 0.230 e. The van der Waals surface area contributed by atoms with Gasteiger partial charge >= 0.3 is 0 Å². The fraction of sp³-hybridized carbons (Fsp3) is 0.154. The molecular weight excluding hydrogens is 200 g/mol. The third-order valence-corrected chi connectivity index (χ3v) is 2.37. The highest BCUT2D eigenvalue weighted by Gasteiger charge is 2.13. The highest BCUT2D eigenvalue weighted by atomic mass is 16.1. The number of nitrogens with zero attached hydrogens (tertiary/aromatic N) is 2. The van der Waals surface area contributed by atoms with Crippen molar-refractivity contribution in [3.63, 3.8) is 0 Å². The zero-order chi connectivity index (χ0) is 11.5. The molecule has 16 heavy (non-hydrogen) atoms. The molecule has 0 radical (unpaired) electrons. The van der Waals surface area contributed by atoms with E-state index in [9.17, 15) is 4.79 Å². The normalized spacial score (nSPS) is 10.1. The summed E-state index contributed by atoms with van der Waals surface area (Å²) >= 11 is 0. The van der Waals surface area contributed by atoms with Gasteiger partial charge in [0.25, 0.3) is 0 Å². The molecule has 1 heterocycles. The molecule has 3 nitrogen and oxygen atoms in total. The van der Waals surface area contributed by atoms with Gasteiger partial charge in [-0.2, -0.15) is 0 Å². The van der Waals surface area contributed by atoms with Gasteiger partial charge in [0.2, 0.25) is 11.6 Å². The predicted molar refractivity (Wildman–Crippen MR) is 61.4 cm³/mol. The number of ketones is 1. The fourth-order valence-electron chi connectivity index (χ4n) is 1.46. The molecule has 3 heteroatoms. The number of rotatable bonds is 2. The van der Waals surface area contributed by atoms with E-state index in [0.29, 0.717) is 5.56 Å². The molecule has 1 aromatic heterocycles. The first-order valence-corrected chi connectivity index (χ1v) is 5.07. The Bertz CT molecular complexity index is 518. The monoisotopic (exact) mass is 212 g/mol. The van der Waals surface area contributed by atoms with Crippen molar-refractivity contribution in [3.05, 3.63) is 59.2 Å². The van der Waals surface area contributed by atoms with E-state index in [1.165, 1.54) is 0 Å². The minimum atomic E-state index is -0.127. The van der Waals surface area contributed by atoms with Crippen LogP contribution in [0.1, 0.15) is 27.3 Å².